The molecule has 0 aliphatic heterocycles. The molecule has 0 spiro atoms. The SMILES string of the molecule is CCN(c1ccc(F)cc1)c1ccc(C)cc1CC(C)N. The number of nitrogens with zero attached hydrogens (tertiary/aromatic N) is 1. The highest BCUT2D eigenvalue weighted by molar-refractivity contribution is 5.67. The van der Waals surface area contributed by atoms with Gasteiger partial charge in [-0.15, -0.1) is 0 Å². The summed E-state index contributed by atoms with van der Waals surface area (Å²) in [6.07, 6.45) is 0.828. The summed E-state index contributed by atoms with van der Waals surface area (Å²) in [5, 5.41) is 0. The van der Waals surface area contributed by atoms with Crippen molar-refractivity contribution in [3.05, 3.63) is 59.4 Å². The van der Waals surface area contributed by atoms with Crippen molar-refractivity contribution in [1.82, 2.24) is 0 Å². The molecule has 2 nitrogen and oxygen atoms in total. The van der Waals surface area contributed by atoms with Crippen LogP contribution in [0, 0.1) is 12.7 Å². The Balaban J connectivity index is 2.43. The van der Waals surface area contributed by atoms with Crippen LogP contribution in [0.1, 0.15) is 25.0 Å². The zero-order chi connectivity index (χ0) is 15.4. The van der Waals surface area contributed by atoms with Crippen LogP contribution in [0.3, 0.4) is 0 Å². The number of benzene rings is 2. The quantitative estimate of drug-likeness (QED) is 0.893. The van der Waals surface area contributed by atoms with Crippen molar-refractivity contribution in [1.29, 1.82) is 0 Å². The van der Waals surface area contributed by atoms with Gasteiger partial charge in [-0.05, 0) is 63.1 Å². The van der Waals surface area contributed by atoms with Gasteiger partial charge in [0.05, 0.1) is 0 Å². The molecule has 0 aromatic heterocycles. The summed E-state index contributed by atoms with van der Waals surface area (Å²) in [4.78, 5) is 2.19. The summed E-state index contributed by atoms with van der Waals surface area (Å²) in [5.74, 6) is -0.213. The molecule has 2 aromatic carbocycles. The number of rotatable bonds is 5. The van der Waals surface area contributed by atoms with Gasteiger partial charge in [0, 0.05) is 24.0 Å². The van der Waals surface area contributed by atoms with E-state index in [1.54, 1.807) is 0 Å². The molecule has 0 saturated heterocycles. The highest BCUT2D eigenvalue weighted by Gasteiger charge is 2.13. The topological polar surface area (TPSA) is 29.3 Å². The smallest absolute Gasteiger partial charge is 0.123 e. The minimum atomic E-state index is -0.213. The molecule has 0 bridgehead atoms. The average molecular weight is 286 g/mol. The number of nitrogens with two attached hydrogens (primary N) is 1. The van der Waals surface area contributed by atoms with Crippen molar-refractivity contribution in [3.8, 4) is 0 Å². The van der Waals surface area contributed by atoms with Gasteiger partial charge in [-0.1, -0.05) is 17.7 Å². The maximum atomic E-state index is 13.1. The Bertz CT molecular complexity index is 591. The van der Waals surface area contributed by atoms with Crippen LogP contribution >= 0.6 is 0 Å². The molecule has 0 amide bonds. The lowest BCUT2D eigenvalue weighted by Gasteiger charge is -2.27. The van der Waals surface area contributed by atoms with Crippen molar-refractivity contribution in [2.45, 2.75) is 33.2 Å². The highest BCUT2D eigenvalue weighted by atomic mass is 19.1. The Morgan fingerprint density at radius 3 is 2.38 bits per heavy atom. The fourth-order valence-corrected chi connectivity index (χ4v) is 2.60. The lowest BCUT2D eigenvalue weighted by molar-refractivity contribution is 0.628. The van der Waals surface area contributed by atoms with Crippen LogP contribution in [0.25, 0.3) is 0 Å². The van der Waals surface area contributed by atoms with E-state index in [4.69, 9.17) is 5.73 Å². The van der Waals surface area contributed by atoms with Gasteiger partial charge < -0.3 is 10.6 Å². The Morgan fingerprint density at radius 2 is 1.81 bits per heavy atom. The normalized spacial score (nSPS) is 12.2. The van der Waals surface area contributed by atoms with Gasteiger partial charge in [0.2, 0.25) is 0 Å². The van der Waals surface area contributed by atoms with E-state index in [0.29, 0.717) is 0 Å². The molecule has 2 rings (SSSR count). The Morgan fingerprint density at radius 1 is 1.14 bits per heavy atom. The van der Waals surface area contributed by atoms with Crippen molar-refractivity contribution >= 4 is 11.4 Å². The first-order valence-electron chi connectivity index (χ1n) is 7.39. The third kappa shape index (κ3) is 3.82. The van der Waals surface area contributed by atoms with Crippen molar-refractivity contribution in [2.24, 2.45) is 5.73 Å². The standard InChI is InChI=1S/C18H23FN2/c1-4-21(17-8-6-16(19)7-9-17)18-10-5-13(2)11-15(18)12-14(3)20/h5-11,14H,4,12,20H2,1-3H3. The summed E-state index contributed by atoms with van der Waals surface area (Å²) < 4.78 is 13.1. The molecular formula is C18H23FN2. The Kier molecular flexibility index (Phi) is 4.97. The first kappa shape index (κ1) is 15.5. The lowest BCUT2D eigenvalue weighted by Crippen LogP contribution is -2.22. The largest absolute Gasteiger partial charge is 0.342 e. The molecule has 2 aromatic rings. The molecule has 0 aliphatic rings. The molecule has 0 radical (unpaired) electrons. The number of halogens is 1. The minimum Gasteiger partial charge on any atom is -0.342 e. The van der Waals surface area contributed by atoms with E-state index in [9.17, 15) is 4.39 Å². The van der Waals surface area contributed by atoms with E-state index >= 15 is 0 Å². The molecule has 0 aliphatic carbocycles. The average Bonchev–Trinajstić information content (AvgIpc) is 2.43. The predicted octanol–water partition coefficient (Wildman–Crippen LogP) is 4.18. The summed E-state index contributed by atoms with van der Waals surface area (Å²) in [5.41, 5.74) is 10.6. The van der Waals surface area contributed by atoms with Gasteiger partial charge in [-0.25, -0.2) is 4.39 Å². The second-order valence-corrected chi connectivity index (χ2v) is 5.53. The molecular weight excluding hydrogens is 263 g/mol. The first-order valence-corrected chi connectivity index (χ1v) is 7.39. The zero-order valence-corrected chi connectivity index (χ0v) is 12.9. The number of aryl methyl sites for hydroxylation is 1. The van der Waals surface area contributed by atoms with Crippen LogP contribution in [0.2, 0.25) is 0 Å². The summed E-state index contributed by atoms with van der Waals surface area (Å²) in [6.45, 7) is 7.02. The van der Waals surface area contributed by atoms with E-state index in [1.807, 2.05) is 19.1 Å². The molecule has 0 saturated carbocycles. The van der Waals surface area contributed by atoms with Crippen molar-refractivity contribution in [3.63, 3.8) is 0 Å². The molecule has 2 N–H and O–H groups in total. The summed E-state index contributed by atoms with van der Waals surface area (Å²) in [6, 6.07) is 13.1. The van der Waals surface area contributed by atoms with Gasteiger partial charge in [-0.3, -0.25) is 0 Å². The Hall–Kier alpha value is -1.87. The molecule has 3 heteroatoms. The third-order valence-corrected chi connectivity index (χ3v) is 3.52. The van der Waals surface area contributed by atoms with E-state index < -0.39 is 0 Å². The van der Waals surface area contributed by atoms with E-state index in [-0.39, 0.29) is 11.9 Å². The fourth-order valence-electron chi connectivity index (χ4n) is 2.60. The number of hydrogen-bond acceptors (Lipinski definition) is 2. The van der Waals surface area contributed by atoms with Gasteiger partial charge in [0.1, 0.15) is 5.82 Å². The fraction of sp³-hybridized carbons (Fsp3) is 0.333. The second kappa shape index (κ2) is 6.72. The van der Waals surface area contributed by atoms with Crippen LogP contribution in [0.5, 0.6) is 0 Å². The molecule has 0 heterocycles. The molecule has 0 fully saturated rings. The first-order chi connectivity index (χ1) is 10.0. The summed E-state index contributed by atoms with van der Waals surface area (Å²) >= 11 is 0. The maximum absolute atomic E-state index is 13.1. The van der Waals surface area contributed by atoms with Crippen LogP contribution < -0.4 is 10.6 Å². The Labute approximate surface area is 126 Å². The molecule has 112 valence electrons. The van der Waals surface area contributed by atoms with Crippen molar-refractivity contribution in [2.75, 3.05) is 11.4 Å². The molecule has 1 atom stereocenters. The maximum Gasteiger partial charge on any atom is 0.123 e. The van der Waals surface area contributed by atoms with Crippen LogP contribution in [0.4, 0.5) is 15.8 Å². The molecule has 21 heavy (non-hydrogen) atoms. The number of anilines is 2. The number of hydrogen-bond donors (Lipinski definition) is 1. The van der Waals surface area contributed by atoms with Gasteiger partial charge in [0.15, 0.2) is 0 Å². The van der Waals surface area contributed by atoms with E-state index in [1.165, 1.54) is 23.3 Å². The summed E-state index contributed by atoms with van der Waals surface area (Å²) in [7, 11) is 0. The highest BCUT2D eigenvalue weighted by Crippen LogP contribution is 2.30. The molecule has 1 unspecified atom stereocenters. The monoisotopic (exact) mass is 286 g/mol. The van der Waals surface area contributed by atoms with Gasteiger partial charge in [-0.2, -0.15) is 0 Å². The second-order valence-electron chi connectivity index (χ2n) is 5.53. The minimum absolute atomic E-state index is 0.109. The van der Waals surface area contributed by atoms with E-state index in [2.05, 4.69) is 36.9 Å². The lowest BCUT2D eigenvalue weighted by atomic mass is 10.0. The third-order valence-electron chi connectivity index (χ3n) is 3.52. The van der Waals surface area contributed by atoms with Crippen LogP contribution in [0.15, 0.2) is 42.5 Å². The predicted molar refractivity (Wildman–Crippen MR) is 87.6 cm³/mol. The van der Waals surface area contributed by atoms with Crippen molar-refractivity contribution < 1.29 is 4.39 Å². The van der Waals surface area contributed by atoms with E-state index in [0.717, 1.165) is 24.3 Å². The zero-order valence-electron chi connectivity index (χ0n) is 12.9. The van der Waals surface area contributed by atoms with Gasteiger partial charge in [0.25, 0.3) is 0 Å². The van der Waals surface area contributed by atoms with Crippen LogP contribution in [-0.4, -0.2) is 12.6 Å². The van der Waals surface area contributed by atoms with Crippen LogP contribution in [-0.2, 0) is 6.42 Å². The van der Waals surface area contributed by atoms with Gasteiger partial charge >= 0.3 is 0 Å².